The van der Waals surface area contributed by atoms with Gasteiger partial charge in [-0.3, -0.25) is 9.88 Å². The molecule has 0 bridgehead atoms. The van der Waals surface area contributed by atoms with Crippen LogP contribution in [0.4, 0.5) is 0 Å². The number of hydrogen-bond donors (Lipinski definition) is 0. The minimum atomic E-state index is 0.296. The van der Waals surface area contributed by atoms with E-state index in [0.717, 1.165) is 25.3 Å². The Morgan fingerprint density at radius 1 is 1.19 bits per heavy atom. The fraction of sp³-hybridized carbons (Fsp3) is 0.267. The van der Waals surface area contributed by atoms with Crippen molar-refractivity contribution in [3.8, 4) is 11.6 Å². The van der Waals surface area contributed by atoms with Gasteiger partial charge in [0, 0.05) is 25.8 Å². The van der Waals surface area contributed by atoms with Crippen LogP contribution < -0.4 is 0 Å². The van der Waals surface area contributed by atoms with Gasteiger partial charge in [0.05, 0.1) is 17.9 Å². The van der Waals surface area contributed by atoms with Crippen LogP contribution in [0.15, 0.2) is 51.7 Å². The van der Waals surface area contributed by atoms with E-state index in [0.29, 0.717) is 23.4 Å². The van der Waals surface area contributed by atoms with E-state index in [-0.39, 0.29) is 0 Å². The van der Waals surface area contributed by atoms with E-state index in [1.165, 1.54) is 0 Å². The summed E-state index contributed by atoms with van der Waals surface area (Å²) in [6, 6.07) is 9.60. The zero-order chi connectivity index (χ0) is 14.1. The van der Waals surface area contributed by atoms with E-state index in [9.17, 15) is 0 Å². The molecule has 1 aliphatic rings. The maximum atomic E-state index is 5.33. The molecule has 1 fully saturated rings. The molecule has 1 saturated heterocycles. The maximum absolute atomic E-state index is 5.33. The minimum absolute atomic E-state index is 0.296. The fourth-order valence-electron chi connectivity index (χ4n) is 2.48. The fourth-order valence-corrected chi connectivity index (χ4v) is 2.48. The molecular formula is C15H14N4O2. The summed E-state index contributed by atoms with van der Waals surface area (Å²) in [5.74, 6) is 2.12. The predicted octanol–water partition coefficient (Wildman–Crippen LogP) is 2.32. The average Bonchev–Trinajstić information content (AvgIpc) is 3.14. The van der Waals surface area contributed by atoms with Gasteiger partial charge in [-0.25, -0.2) is 0 Å². The van der Waals surface area contributed by atoms with Crippen molar-refractivity contribution in [2.24, 2.45) is 0 Å². The summed E-state index contributed by atoms with van der Waals surface area (Å²) in [6.07, 6.45) is 3.42. The summed E-state index contributed by atoms with van der Waals surface area (Å²) in [5.41, 5.74) is 1.08. The zero-order valence-electron chi connectivity index (χ0n) is 11.3. The van der Waals surface area contributed by atoms with E-state index in [4.69, 9.17) is 8.94 Å². The third-order valence-electron chi connectivity index (χ3n) is 3.60. The summed E-state index contributed by atoms with van der Waals surface area (Å²) >= 11 is 0. The van der Waals surface area contributed by atoms with E-state index in [2.05, 4.69) is 20.0 Å². The summed E-state index contributed by atoms with van der Waals surface area (Å²) in [4.78, 5) is 11.0. The third kappa shape index (κ3) is 2.45. The Hall–Kier alpha value is -2.47. The van der Waals surface area contributed by atoms with Gasteiger partial charge in [-0.2, -0.15) is 4.98 Å². The highest BCUT2D eigenvalue weighted by molar-refractivity contribution is 5.44. The monoisotopic (exact) mass is 282 g/mol. The van der Waals surface area contributed by atoms with Crippen molar-refractivity contribution < 1.29 is 8.94 Å². The van der Waals surface area contributed by atoms with Crippen LogP contribution in [0.3, 0.4) is 0 Å². The molecule has 0 saturated carbocycles. The second-order valence-electron chi connectivity index (χ2n) is 5.15. The lowest BCUT2D eigenvalue weighted by Gasteiger charge is -2.36. The molecule has 21 heavy (non-hydrogen) atoms. The number of hydrogen-bond acceptors (Lipinski definition) is 6. The van der Waals surface area contributed by atoms with Gasteiger partial charge in [0.1, 0.15) is 0 Å². The molecule has 0 amide bonds. The van der Waals surface area contributed by atoms with Crippen LogP contribution in [-0.2, 0) is 6.54 Å². The van der Waals surface area contributed by atoms with E-state index < -0.39 is 0 Å². The molecule has 0 aliphatic carbocycles. The Labute approximate surface area is 121 Å². The largest absolute Gasteiger partial charge is 0.461 e. The highest BCUT2D eigenvalue weighted by Crippen LogP contribution is 2.28. The molecule has 3 aromatic heterocycles. The molecule has 0 unspecified atom stereocenters. The molecule has 0 atom stereocenters. The van der Waals surface area contributed by atoms with Crippen LogP contribution in [0, 0.1) is 0 Å². The third-order valence-corrected chi connectivity index (χ3v) is 3.60. The number of aromatic nitrogens is 3. The molecule has 4 rings (SSSR count). The smallest absolute Gasteiger partial charge is 0.238 e. The topological polar surface area (TPSA) is 68.2 Å². The van der Waals surface area contributed by atoms with Gasteiger partial charge in [0.2, 0.25) is 11.7 Å². The Balaban J connectivity index is 1.38. The maximum Gasteiger partial charge on any atom is 0.238 e. The van der Waals surface area contributed by atoms with Gasteiger partial charge in [-0.15, -0.1) is 0 Å². The standard InChI is InChI=1S/C15H14N4O2/c1-2-6-16-12(4-1)10-19-8-11(9-19)15-17-14(18-21-15)13-5-3-7-20-13/h1-7,11H,8-10H2. The number of likely N-dealkylation sites (tertiary alicyclic amines) is 1. The highest BCUT2D eigenvalue weighted by Gasteiger charge is 2.32. The lowest BCUT2D eigenvalue weighted by molar-refractivity contribution is 0.116. The summed E-state index contributed by atoms with van der Waals surface area (Å²) in [5, 5.41) is 3.96. The van der Waals surface area contributed by atoms with Gasteiger partial charge in [0.15, 0.2) is 5.76 Å². The quantitative estimate of drug-likeness (QED) is 0.731. The first-order valence-corrected chi connectivity index (χ1v) is 6.88. The van der Waals surface area contributed by atoms with Crippen molar-refractivity contribution in [3.63, 3.8) is 0 Å². The van der Waals surface area contributed by atoms with Crippen molar-refractivity contribution >= 4 is 0 Å². The molecule has 0 spiro atoms. The number of nitrogens with zero attached hydrogens (tertiary/aromatic N) is 4. The normalized spacial score (nSPS) is 16.0. The molecule has 6 nitrogen and oxygen atoms in total. The Bertz CT molecular complexity index is 702. The molecule has 6 heteroatoms. The highest BCUT2D eigenvalue weighted by atomic mass is 16.5. The number of rotatable bonds is 4. The molecular weight excluding hydrogens is 268 g/mol. The second kappa shape index (κ2) is 5.14. The molecule has 0 aromatic carbocycles. The molecule has 1 aliphatic heterocycles. The molecule has 0 N–H and O–H groups in total. The summed E-state index contributed by atoms with van der Waals surface area (Å²) < 4.78 is 10.6. The predicted molar refractivity (Wildman–Crippen MR) is 74.3 cm³/mol. The van der Waals surface area contributed by atoms with Gasteiger partial charge in [0.25, 0.3) is 0 Å². The Morgan fingerprint density at radius 3 is 2.90 bits per heavy atom. The van der Waals surface area contributed by atoms with Crippen LogP contribution in [0.2, 0.25) is 0 Å². The first kappa shape index (κ1) is 12.3. The molecule has 4 heterocycles. The Kier molecular flexibility index (Phi) is 3.01. The summed E-state index contributed by atoms with van der Waals surface area (Å²) in [7, 11) is 0. The number of pyridine rings is 1. The lowest BCUT2D eigenvalue weighted by Crippen LogP contribution is -2.44. The van der Waals surface area contributed by atoms with Crippen LogP contribution in [0.25, 0.3) is 11.6 Å². The van der Waals surface area contributed by atoms with Crippen LogP contribution >= 0.6 is 0 Å². The zero-order valence-corrected chi connectivity index (χ0v) is 11.3. The van der Waals surface area contributed by atoms with Crippen LogP contribution in [-0.4, -0.2) is 33.1 Å². The molecule has 106 valence electrons. The first-order chi connectivity index (χ1) is 10.4. The average molecular weight is 282 g/mol. The van der Waals surface area contributed by atoms with Gasteiger partial charge < -0.3 is 8.94 Å². The van der Waals surface area contributed by atoms with E-state index >= 15 is 0 Å². The van der Waals surface area contributed by atoms with E-state index in [1.54, 1.807) is 6.26 Å². The van der Waals surface area contributed by atoms with Crippen LogP contribution in [0.5, 0.6) is 0 Å². The van der Waals surface area contributed by atoms with Crippen molar-refractivity contribution in [3.05, 3.63) is 54.4 Å². The second-order valence-corrected chi connectivity index (χ2v) is 5.15. The van der Waals surface area contributed by atoms with Gasteiger partial charge in [-0.1, -0.05) is 11.2 Å². The first-order valence-electron chi connectivity index (χ1n) is 6.88. The number of furan rings is 1. The Morgan fingerprint density at radius 2 is 2.14 bits per heavy atom. The van der Waals surface area contributed by atoms with Crippen molar-refractivity contribution in [1.29, 1.82) is 0 Å². The molecule has 3 aromatic rings. The SMILES string of the molecule is c1ccc(CN2CC(c3nc(-c4ccco4)no3)C2)nc1. The summed E-state index contributed by atoms with van der Waals surface area (Å²) in [6.45, 7) is 2.68. The lowest BCUT2D eigenvalue weighted by atomic mass is 10.00. The van der Waals surface area contributed by atoms with Crippen molar-refractivity contribution in [2.45, 2.75) is 12.5 Å². The van der Waals surface area contributed by atoms with Crippen molar-refractivity contribution in [1.82, 2.24) is 20.0 Å². The van der Waals surface area contributed by atoms with E-state index in [1.807, 2.05) is 36.5 Å². The molecule has 0 radical (unpaired) electrons. The van der Waals surface area contributed by atoms with Gasteiger partial charge >= 0.3 is 0 Å². The van der Waals surface area contributed by atoms with Crippen LogP contribution in [0.1, 0.15) is 17.5 Å². The van der Waals surface area contributed by atoms with Gasteiger partial charge in [-0.05, 0) is 24.3 Å². The van der Waals surface area contributed by atoms with Crippen molar-refractivity contribution in [2.75, 3.05) is 13.1 Å². The minimum Gasteiger partial charge on any atom is -0.461 e.